The summed E-state index contributed by atoms with van der Waals surface area (Å²) in [5.74, 6) is -1.11. The number of carbonyl (C=O) groups excluding carboxylic acids is 1. The number of hydrogen-bond donors (Lipinski definition) is 0. The molecule has 3 rings (SSSR count). The Hall–Kier alpha value is -2.31. The Labute approximate surface area is 132 Å². The van der Waals surface area contributed by atoms with Gasteiger partial charge in [-0.25, -0.2) is 18.4 Å². The second-order valence-corrected chi connectivity index (χ2v) is 5.80. The van der Waals surface area contributed by atoms with Crippen molar-refractivity contribution >= 4 is 5.91 Å². The smallest absolute Gasteiger partial charge is 0.257 e. The molecule has 0 aliphatic carbocycles. The molecule has 1 amide bonds. The molecular weight excluding hydrogens is 302 g/mol. The number of likely N-dealkylation sites (tertiary alicyclic amines) is 1. The van der Waals surface area contributed by atoms with Crippen LogP contribution in [0.5, 0.6) is 0 Å². The summed E-state index contributed by atoms with van der Waals surface area (Å²) in [5, 5.41) is 4.37. The Balaban J connectivity index is 1.82. The number of aromatic nitrogens is 3. The predicted octanol–water partition coefficient (Wildman–Crippen LogP) is 2.65. The molecule has 2 aromatic rings. The number of halogens is 2. The predicted molar refractivity (Wildman–Crippen MR) is 80.0 cm³/mol. The Kier molecular flexibility index (Phi) is 4.11. The van der Waals surface area contributed by atoms with Gasteiger partial charge in [0.1, 0.15) is 11.6 Å². The van der Waals surface area contributed by atoms with Gasteiger partial charge in [-0.3, -0.25) is 4.79 Å². The number of amides is 1. The zero-order chi connectivity index (χ0) is 16.6. The second-order valence-electron chi connectivity index (χ2n) is 5.80. The minimum atomic E-state index is -1.09. The molecule has 1 saturated heterocycles. The van der Waals surface area contributed by atoms with Crippen LogP contribution in [0.1, 0.15) is 40.9 Å². The molecule has 23 heavy (non-hydrogen) atoms. The molecule has 1 aromatic carbocycles. The van der Waals surface area contributed by atoms with Crippen LogP contribution in [0.4, 0.5) is 8.78 Å². The van der Waals surface area contributed by atoms with E-state index in [0.717, 1.165) is 24.7 Å². The Bertz CT molecular complexity index is 744. The van der Waals surface area contributed by atoms with Gasteiger partial charge in [-0.15, -0.1) is 0 Å². The summed E-state index contributed by atoms with van der Waals surface area (Å²) in [5.41, 5.74) is -0.225. The van der Waals surface area contributed by atoms with Crippen LogP contribution in [-0.2, 0) is 0 Å². The van der Waals surface area contributed by atoms with E-state index in [1.807, 2.05) is 18.5 Å². The largest absolute Gasteiger partial charge is 0.336 e. The first-order valence-electron chi connectivity index (χ1n) is 7.60. The highest BCUT2D eigenvalue weighted by atomic mass is 19.2. The van der Waals surface area contributed by atoms with Crippen molar-refractivity contribution in [2.75, 3.05) is 13.1 Å². The number of benzene rings is 1. The van der Waals surface area contributed by atoms with Crippen LogP contribution in [-0.4, -0.2) is 38.7 Å². The van der Waals surface area contributed by atoms with Crippen molar-refractivity contribution in [3.63, 3.8) is 0 Å². The first-order valence-corrected chi connectivity index (χ1v) is 7.60. The van der Waals surface area contributed by atoms with Crippen molar-refractivity contribution in [3.05, 3.63) is 47.0 Å². The summed E-state index contributed by atoms with van der Waals surface area (Å²) < 4.78 is 29.0. The standard InChI is InChI=1S/C16H18F2N4O/c1-10-19-11(2)22(20-10)12-5-4-8-21(9-12)16(23)13-6-3-7-14(17)15(13)18/h3,6-7,12H,4-5,8-9H2,1-2H3. The molecule has 1 aliphatic heterocycles. The first-order chi connectivity index (χ1) is 11.0. The Morgan fingerprint density at radius 3 is 2.78 bits per heavy atom. The lowest BCUT2D eigenvalue weighted by Crippen LogP contribution is -2.41. The zero-order valence-corrected chi connectivity index (χ0v) is 13.1. The fourth-order valence-corrected chi connectivity index (χ4v) is 3.06. The molecule has 7 heteroatoms. The monoisotopic (exact) mass is 320 g/mol. The van der Waals surface area contributed by atoms with Gasteiger partial charge >= 0.3 is 0 Å². The van der Waals surface area contributed by atoms with Gasteiger partial charge in [0, 0.05) is 13.1 Å². The van der Waals surface area contributed by atoms with E-state index in [9.17, 15) is 13.6 Å². The van der Waals surface area contributed by atoms with E-state index in [0.29, 0.717) is 18.9 Å². The summed E-state index contributed by atoms with van der Waals surface area (Å²) >= 11 is 0. The highest BCUT2D eigenvalue weighted by Gasteiger charge is 2.29. The third-order valence-electron chi connectivity index (χ3n) is 4.12. The van der Waals surface area contributed by atoms with Crippen molar-refractivity contribution in [2.45, 2.75) is 32.7 Å². The normalized spacial score (nSPS) is 18.3. The molecule has 5 nitrogen and oxygen atoms in total. The van der Waals surface area contributed by atoms with E-state index in [1.165, 1.54) is 12.1 Å². The van der Waals surface area contributed by atoms with Crippen LogP contribution in [0.2, 0.25) is 0 Å². The lowest BCUT2D eigenvalue weighted by atomic mass is 10.0. The fourth-order valence-electron chi connectivity index (χ4n) is 3.06. The minimum absolute atomic E-state index is 0.00511. The minimum Gasteiger partial charge on any atom is -0.336 e. The van der Waals surface area contributed by atoms with Crippen LogP contribution in [0.15, 0.2) is 18.2 Å². The Morgan fingerprint density at radius 2 is 2.09 bits per heavy atom. The lowest BCUT2D eigenvalue weighted by molar-refractivity contribution is 0.0665. The number of aryl methyl sites for hydroxylation is 2. The molecule has 1 unspecified atom stereocenters. The molecule has 0 radical (unpaired) electrons. The lowest BCUT2D eigenvalue weighted by Gasteiger charge is -2.33. The maximum Gasteiger partial charge on any atom is 0.257 e. The van der Waals surface area contributed by atoms with Gasteiger partial charge < -0.3 is 4.90 Å². The summed E-state index contributed by atoms with van der Waals surface area (Å²) in [6, 6.07) is 3.67. The van der Waals surface area contributed by atoms with E-state index >= 15 is 0 Å². The Morgan fingerprint density at radius 1 is 1.30 bits per heavy atom. The molecule has 1 aliphatic rings. The molecular formula is C16H18F2N4O. The van der Waals surface area contributed by atoms with Crippen LogP contribution in [0.3, 0.4) is 0 Å². The molecule has 1 aromatic heterocycles. The quantitative estimate of drug-likeness (QED) is 0.855. The van der Waals surface area contributed by atoms with Gasteiger partial charge in [-0.1, -0.05) is 6.07 Å². The highest BCUT2D eigenvalue weighted by molar-refractivity contribution is 5.94. The van der Waals surface area contributed by atoms with Crippen molar-refractivity contribution in [3.8, 4) is 0 Å². The molecule has 0 N–H and O–H groups in total. The van der Waals surface area contributed by atoms with Crippen LogP contribution < -0.4 is 0 Å². The van der Waals surface area contributed by atoms with E-state index in [-0.39, 0.29) is 11.6 Å². The van der Waals surface area contributed by atoms with Gasteiger partial charge in [0.15, 0.2) is 11.6 Å². The number of hydrogen-bond acceptors (Lipinski definition) is 3. The third-order valence-corrected chi connectivity index (χ3v) is 4.12. The number of carbonyl (C=O) groups is 1. The van der Waals surface area contributed by atoms with Crippen LogP contribution >= 0.6 is 0 Å². The van der Waals surface area contributed by atoms with Crippen LogP contribution in [0.25, 0.3) is 0 Å². The molecule has 1 atom stereocenters. The molecule has 2 heterocycles. The van der Waals surface area contributed by atoms with Crippen molar-refractivity contribution in [2.24, 2.45) is 0 Å². The average molecular weight is 320 g/mol. The number of rotatable bonds is 2. The van der Waals surface area contributed by atoms with Gasteiger partial charge in [-0.2, -0.15) is 5.10 Å². The van der Waals surface area contributed by atoms with Gasteiger partial charge in [-0.05, 0) is 38.8 Å². The molecule has 0 bridgehead atoms. The summed E-state index contributed by atoms with van der Waals surface area (Å²) in [6.45, 7) is 4.63. The van der Waals surface area contributed by atoms with Gasteiger partial charge in [0.2, 0.25) is 0 Å². The average Bonchev–Trinajstić information content (AvgIpc) is 2.88. The van der Waals surface area contributed by atoms with Gasteiger partial charge in [0.05, 0.1) is 11.6 Å². The zero-order valence-electron chi connectivity index (χ0n) is 13.1. The molecule has 0 spiro atoms. The van der Waals surface area contributed by atoms with Crippen molar-refractivity contribution < 1.29 is 13.6 Å². The fraction of sp³-hybridized carbons (Fsp3) is 0.438. The van der Waals surface area contributed by atoms with E-state index in [1.54, 1.807) is 4.90 Å². The molecule has 0 saturated carbocycles. The topological polar surface area (TPSA) is 51.0 Å². The summed E-state index contributed by atoms with van der Waals surface area (Å²) in [4.78, 5) is 18.4. The van der Waals surface area contributed by atoms with E-state index in [4.69, 9.17) is 0 Å². The maximum atomic E-state index is 13.8. The number of piperidine rings is 1. The SMILES string of the molecule is Cc1nc(C)n(C2CCCN(C(=O)c3cccc(F)c3F)C2)n1. The van der Waals surface area contributed by atoms with E-state index in [2.05, 4.69) is 10.1 Å². The summed E-state index contributed by atoms with van der Waals surface area (Å²) in [7, 11) is 0. The van der Waals surface area contributed by atoms with Gasteiger partial charge in [0.25, 0.3) is 5.91 Å². The highest BCUT2D eigenvalue weighted by Crippen LogP contribution is 2.24. The number of nitrogens with zero attached hydrogens (tertiary/aromatic N) is 4. The van der Waals surface area contributed by atoms with Crippen molar-refractivity contribution in [1.29, 1.82) is 0 Å². The maximum absolute atomic E-state index is 13.8. The molecule has 122 valence electrons. The first kappa shape index (κ1) is 15.6. The van der Waals surface area contributed by atoms with Crippen LogP contribution in [0, 0.1) is 25.5 Å². The van der Waals surface area contributed by atoms with E-state index < -0.39 is 17.5 Å². The third kappa shape index (κ3) is 2.95. The molecule has 1 fully saturated rings. The summed E-state index contributed by atoms with van der Waals surface area (Å²) in [6.07, 6.45) is 1.66. The second kappa shape index (κ2) is 6.06. The van der Waals surface area contributed by atoms with Crippen molar-refractivity contribution in [1.82, 2.24) is 19.7 Å².